The summed E-state index contributed by atoms with van der Waals surface area (Å²) >= 11 is 0. The molecule has 0 spiro atoms. The van der Waals surface area contributed by atoms with Crippen LogP contribution in [0.3, 0.4) is 0 Å². The maximum absolute atomic E-state index is 11.7. The molecule has 2 atom stereocenters. The van der Waals surface area contributed by atoms with Crippen molar-refractivity contribution < 1.29 is 19.5 Å². The number of carboxylic acid groups (broad SMARTS) is 1. The minimum atomic E-state index is -1.08. The molecule has 78 valence electrons. The van der Waals surface area contributed by atoms with E-state index in [0.29, 0.717) is 6.42 Å². The van der Waals surface area contributed by atoms with Gasteiger partial charge in [0.15, 0.2) is 5.78 Å². The molecule has 1 rings (SSSR count). The Bertz CT molecular complexity index is 299. The molecule has 0 bridgehead atoms. The Labute approximate surface area is 81.5 Å². The number of aliphatic carboxylic acids is 1. The highest BCUT2D eigenvalue weighted by molar-refractivity contribution is 6.14. The van der Waals surface area contributed by atoms with E-state index in [9.17, 15) is 14.4 Å². The molecule has 1 fully saturated rings. The van der Waals surface area contributed by atoms with Gasteiger partial charge in [-0.15, -0.1) is 0 Å². The Hall–Kier alpha value is -1.39. The van der Waals surface area contributed by atoms with Crippen LogP contribution in [-0.4, -0.2) is 28.8 Å². The quantitative estimate of drug-likeness (QED) is 0.624. The monoisotopic (exact) mass is 199 g/mol. The molecule has 5 heteroatoms. The van der Waals surface area contributed by atoms with Crippen LogP contribution in [0.25, 0.3) is 0 Å². The van der Waals surface area contributed by atoms with Gasteiger partial charge in [-0.1, -0.05) is 6.92 Å². The number of rotatable bonds is 3. The molecule has 1 aliphatic heterocycles. The second-order valence-corrected chi connectivity index (χ2v) is 3.67. The number of nitrogens with one attached hydrogen (secondary N) is 1. The van der Waals surface area contributed by atoms with E-state index >= 15 is 0 Å². The van der Waals surface area contributed by atoms with Crippen molar-refractivity contribution in [2.24, 2.45) is 5.41 Å². The number of carbonyl (C=O) groups excluding carboxylic acids is 2. The molecule has 1 amide bonds. The first-order chi connectivity index (χ1) is 6.41. The van der Waals surface area contributed by atoms with Gasteiger partial charge in [-0.25, -0.2) is 0 Å². The van der Waals surface area contributed by atoms with Gasteiger partial charge in [0.25, 0.3) is 0 Å². The molecule has 1 aliphatic rings. The molecule has 5 nitrogen and oxygen atoms in total. The number of hydrogen-bond acceptors (Lipinski definition) is 3. The first kappa shape index (κ1) is 10.7. The first-order valence-corrected chi connectivity index (χ1v) is 4.49. The third-order valence-electron chi connectivity index (χ3n) is 2.75. The van der Waals surface area contributed by atoms with E-state index in [1.807, 2.05) is 0 Å². The molecular weight excluding hydrogens is 186 g/mol. The van der Waals surface area contributed by atoms with Gasteiger partial charge in [-0.05, 0) is 13.3 Å². The average Bonchev–Trinajstić information content (AvgIpc) is 2.31. The van der Waals surface area contributed by atoms with Gasteiger partial charge in [0, 0.05) is 0 Å². The summed E-state index contributed by atoms with van der Waals surface area (Å²) in [6, 6.07) is -0.857. The molecule has 2 unspecified atom stereocenters. The lowest BCUT2D eigenvalue weighted by Crippen LogP contribution is -2.32. The summed E-state index contributed by atoms with van der Waals surface area (Å²) in [4.78, 5) is 33.5. The summed E-state index contributed by atoms with van der Waals surface area (Å²) in [5.41, 5.74) is -1.04. The zero-order chi connectivity index (χ0) is 10.9. The molecule has 0 aliphatic carbocycles. The van der Waals surface area contributed by atoms with E-state index in [-0.39, 0.29) is 18.1 Å². The molecule has 14 heavy (non-hydrogen) atoms. The number of amides is 1. The van der Waals surface area contributed by atoms with Crippen molar-refractivity contribution in [3.05, 3.63) is 0 Å². The lowest BCUT2D eigenvalue weighted by atomic mass is 9.82. The largest absolute Gasteiger partial charge is 0.481 e. The van der Waals surface area contributed by atoms with E-state index in [4.69, 9.17) is 5.11 Å². The molecule has 0 aromatic carbocycles. The Kier molecular flexibility index (Phi) is 2.59. The maximum Gasteiger partial charge on any atom is 0.305 e. The number of hydrogen-bond donors (Lipinski definition) is 2. The lowest BCUT2D eigenvalue weighted by molar-refractivity contribution is -0.140. The average molecular weight is 199 g/mol. The fraction of sp³-hybridized carbons (Fsp3) is 0.667. The van der Waals surface area contributed by atoms with E-state index in [0.717, 1.165) is 0 Å². The Balaban J connectivity index is 2.85. The van der Waals surface area contributed by atoms with Crippen LogP contribution in [0, 0.1) is 5.41 Å². The number of Topliss-reactive ketones (excluding diaryl/α,β-unsaturated/α-hetero) is 1. The summed E-state index contributed by atoms with van der Waals surface area (Å²) in [5.74, 6) is -1.76. The van der Waals surface area contributed by atoms with Gasteiger partial charge in [0.1, 0.15) is 5.41 Å². The molecule has 0 radical (unpaired) electrons. The lowest BCUT2D eigenvalue weighted by Gasteiger charge is -2.15. The molecule has 1 heterocycles. The summed E-state index contributed by atoms with van der Waals surface area (Å²) < 4.78 is 0. The predicted molar refractivity (Wildman–Crippen MR) is 47.6 cm³/mol. The van der Waals surface area contributed by atoms with Gasteiger partial charge >= 0.3 is 5.97 Å². The van der Waals surface area contributed by atoms with Crippen LogP contribution in [0.4, 0.5) is 0 Å². The van der Waals surface area contributed by atoms with E-state index in [1.54, 1.807) is 13.8 Å². The SMILES string of the molecule is CCC1(C)C(=O)NC(CC(=O)O)C1=O. The van der Waals surface area contributed by atoms with Crippen LogP contribution >= 0.6 is 0 Å². The van der Waals surface area contributed by atoms with Gasteiger partial charge in [0.2, 0.25) is 5.91 Å². The Morgan fingerprint density at radius 3 is 2.50 bits per heavy atom. The first-order valence-electron chi connectivity index (χ1n) is 4.49. The molecule has 1 saturated heterocycles. The van der Waals surface area contributed by atoms with Crippen molar-refractivity contribution in [3.63, 3.8) is 0 Å². The maximum atomic E-state index is 11.7. The van der Waals surface area contributed by atoms with Crippen LogP contribution in [-0.2, 0) is 14.4 Å². The summed E-state index contributed by atoms with van der Waals surface area (Å²) in [6.07, 6.45) is 0.0634. The minimum absolute atomic E-state index is 0.313. The zero-order valence-corrected chi connectivity index (χ0v) is 8.16. The van der Waals surface area contributed by atoms with Gasteiger partial charge < -0.3 is 10.4 Å². The molecule has 0 aromatic heterocycles. The molecular formula is C9H13NO4. The Morgan fingerprint density at radius 1 is 1.57 bits per heavy atom. The second kappa shape index (κ2) is 3.40. The molecule has 2 N–H and O–H groups in total. The highest BCUT2D eigenvalue weighted by Gasteiger charge is 2.50. The summed E-state index contributed by atoms with van der Waals surface area (Å²) in [6.45, 7) is 3.28. The van der Waals surface area contributed by atoms with Crippen molar-refractivity contribution in [2.75, 3.05) is 0 Å². The topological polar surface area (TPSA) is 83.5 Å². The van der Waals surface area contributed by atoms with Crippen molar-refractivity contribution >= 4 is 17.7 Å². The van der Waals surface area contributed by atoms with Crippen molar-refractivity contribution in [1.82, 2.24) is 5.32 Å². The second-order valence-electron chi connectivity index (χ2n) is 3.67. The normalized spacial score (nSPS) is 31.7. The van der Waals surface area contributed by atoms with E-state index in [1.165, 1.54) is 0 Å². The molecule has 0 aromatic rings. The fourth-order valence-corrected chi connectivity index (χ4v) is 1.53. The number of carbonyl (C=O) groups is 3. The number of ketones is 1. The van der Waals surface area contributed by atoms with Crippen LogP contribution in [0.5, 0.6) is 0 Å². The Morgan fingerprint density at radius 2 is 2.14 bits per heavy atom. The number of carboxylic acids is 1. The van der Waals surface area contributed by atoms with Crippen molar-refractivity contribution in [1.29, 1.82) is 0 Å². The fourth-order valence-electron chi connectivity index (χ4n) is 1.53. The predicted octanol–water partition coefficient (Wildman–Crippen LogP) is -0.0551. The van der Waals surface area contributed by atoms with Gasteiger partial charge in [-0.2, -0.15) is 0 Å². The summed E-state index contributed by atoms with van der Waals surface area (Å²) in [5, 5.41) is 10.9. The zero-order valence-electron chi connectivity index (χ0n) is 8.16. The standard InChI is InChI=1S/C9H13NO4/c1-3-9(2)7(13)5(4-6(11)12)10-8(9)14/h5H,3-4H2,1-2H3,(H,10,14)(H,11,12). The van der Waals surface area contributed by atoms with Crippen LogP contribution in [0.15, 0.2) is 0 Å². The van der Waals surface area contributed by atoms with Crippen LogP contribution < -0.4 is 5.32 Å². The van der Waals surface area contributed by atoms with Crippen molar-refractivity contribution in [2.45, 2.75) is 32.7 Å². The van der Waals surface area contributed by atoms with Crippen molar-refractivity contribution in [3.8, 4) is 0 Å². The minimum Gasteiger partial charge on any atom is -0.481 e. The van der Waals surface area contributed by atoms with Gasteiger partial charge in [-0.3, -0.25) is 14.4 Å². The van der Waals surface area contributed by atoms with Crippen LogP contribution in [0.1, 0.15) is 26.7 Å². The smallest absolute Gasteiger partial charge is 0.305 e. The van der Waals surface area contributed by atoms with Gasteiger partial charge in [0.05, 0.1) is 12.5 Å². The third-order valence-corrected chi connectivity index (χ3v) is 2.75. The summed E-state index contributed by atoms with van der Waals surface area (Å²) in [7, 11) is 0. The highest BCUT2D eigenvalue weighted by atomic mass is 16.4. The highest BCUT2D eigenvalue weighted by Crippen LogP contribution is 2.30. The van der Waals surface area contributed by atoms with E-state index < -0.39 is 17.4 Å². The third kappa shape index (κ3) is 1.49. The van der Waals surface area contributed by atoms with Crippen LogP contribution in [0.2, 0.25) is 0 Å². The van der Waals surface area contributed by atoms with E-state index in [2.05, 4.69) is 5.32 Å². The molecule has 0 saturated carbocycles.